The van der Waals surface area contributed by atoms with Gasteiger partial charge in [0.05, 0.1) is 5.69 Å². The highest BCUT2D eigenvalue weighted by molar-refractivity contribution is 14.1. The minimum Gasteiger partial charge on any atom is -0.271 e. The topological polar surface area (TPSA) is 43.6 Å². The number of hydrogen-bond donors (Lipinski definition) is 0. The Balaban J connectivity index is 2.06. The third-order valence-corrected chi connectivity index (χ3v) is 3.41. The Morgan fingerprint density at radius 3 is 2.62 bits per heavy atom. The van der Waals surface area contributed by atoms with Gasteiger partial charge in [0, 0.05) is 21.7 Å². The SMILES string of the molecule is Ic1cnc(-n2cnc3c2CCCC3)nc1. The molecule has 2 aromatic heterocycles. The van der Waals surface area contributed by atoms with Crippen LogP contribution in [-0.2, 0) is 12.8 Å². The molecule has 0 unspecified atom stereocenters. The highest BCUT2D eigenvalue weighted by Crippen LogP contribution is 2.21. The Morgan fingerprint density at radius 2 is 1.81 bits per heavy atom. The number of rotatable bonds is 1. The molecule has 0 aliphatic heterocycles. The molecule has 3 rings (SSSR count). The molecule has 0 aromatic carbocycles. The van der Waals surface area contributed by atoms with Crippen molar-refractivity contribution in [2.24, 2.45) is 0 Å². The van der Waals surface area contributed by atoms with Gasteiger partial charge in [0.1, 0.15) is 6.33 Å². The molecule has 4 nitrogen and oxygen atoms in total. The third-order valence-electron chi connectivity index (χ3n) is 2.85. The average Bonchev–Trinajstić information content (AvgIpc) is 2.74. The number of aromatic nitrogens is 4. The zero-order valence-electron chi connectivity index (χ0n) is 8.73. The Kier molecular flexibility index (Phi) is 2.62. The van der Waals surface area contributed by atoms with E-state index in [0.29, 0.717) is 0 Å². The van der Waals surface area contributed by atoms with E-state index < -0.39 is 0 Å². The fourth-order valence-corrected chi connectivity index (χ4v) is 2.35. The van der Waals surface area contributed by atoms with Gasteiger partial charge in [-0.2, -0.15) is 0 Å². The predicted molar refractivity (Wildman–Crippen MR) is 68.5 cm³/mol. The molecular weight excluding hydrogens is 315 g/mol. The Labute approximate surface area is 107 Å². The van der Waals surface area contributed by atoms with Crippen LogP contribution < -0.4 is 0 Å². The van der Waals surface area contributed by atoms with Gasteiger partial charge in [-0.25, -0.2) is 15.0 Å². The summed E-state index contributed by atoms with van der Waals surface area (Å²) in [5, 5.41) is 0. The summed E-state index contributed by atoms with van der Waals surface area (Å²) in [5.74, 6) is 0.732. The summed E-state index contributed by atoms with van der Waals surface area (Å²) < 4.78 is 3.07. The van der Waals surface area contributed by atoms with Crippen LogP contribution in [0.3, 0.4) is 0 Å². The van der Waals surface area contributed by atoms with Gasteiger partial charge in [0.25, 0.3) is 0 Å². The molecule has 0 bridgehead atoms. The maximum atomic E-state index is 4.44. The Bertz CT molecular complexity index is 503. The molecule has 16 heavy (non-hydrogen) atoms. The summed E-state index contributed by atoms with van der Waals surface area (Å²) in [6, 6.07) is 0. The second kappa shape index (κ2) is 4.12. The molecule has 1 aliphatic carbocycles. The van der Waals surface area contributed by atoms with E-state index in [1.807, 2.05) is 23.3 Å². The standard InChI is InChI=1S/C11H11IN4/c12-8-5-13-11(14-6-8)16-7-15-9-3-1-2-4-10(9)16/h5-7H,1-4H2. The van der Waals surface area contributed by atoms with Gasteiger partial charge < -0.3 is 0 Å². The molecule has 0 fully saturated rings. The number of imidazole rings is 1. The lowest BCUT2D eigenvalue weighted by atomic mass is 10.0. The Hall–Kier alpha value is -0.980. The molecule has 2 aromatic rings. The quantitative estimate of drug-likeness (QED) is 0.754. The summed E-state index contributed by atoms with van der Waals surface area (Å²) in [6.07, 6.45) is 10.2. The fourth-order valence-electron chi connectivity index (χ4n) is 2.07. The molecule has 0 radical (unpaired) electrons. The van der Waals surface area contributed by atoms with Crippen LogP contribution in [0.5, 0.6) is 0 Å². The van der Waals surface area contributed by atoms with Crippen LogP contribution in [0.4, 0.5) is 0 Å². The van der Waals surface area contributed by atoms with Crippen molar-refractivity contribution >= 4 is 22.6 Å². The summed E-state index contributed by atoms with van der Waals surface area (Å²) >= 11 is 2.21. The third kappa shape index (κ3) is 1.73. The maximum Gasteiger partial charge on any atom is 0.235 e. The molecule has 82 valence electrons. The van der Waals surface area contributed by atoms with Crippen LogP contribution in [0.25, 0.3) is 5.95 Å². The van der Waals surface area contributed by atoms with Crippen molar-refractivity contribution in [2.45, 2.75) is 25.7 Å². The van der Waals surface area contributed by atoms with E-state index in [-0.39, 0.29) is 0 Å². The molecule has 0 amide bonds. The lowest BCUT2D eigenvalue weighted by Gasteiger charge is -2.12. The van der Waals surface area contributed by atoms with Crippen molar-refractivity contribution in [3.8, 4) is 5.95 Å². The van der Waals surface area contributed by atoms with E-state index >= 15 is 0 Å². The highest BCUT2D eigenvalue weighted by atomic mass is 127. The number of halogens is 1. The first-order valence-corrected chi connectivity index (χ1v) is 6.45. The van der Waals surface area contributed by atoms with Crippen molar-refractivity contribution in [3.05, 3.63) is 33.7 Å². The number of nitrogens with zero attached hydrogens (tertiary/aromatic N) is 4. The normalized spacial score (nSPS) is 14.8. The van der Waals surface area contributed by atoms with Gasteiger partial charge >= 0.3 is 0 Å². The van der Waals surface area contributed by atoms with Crippen molar-refractivity contribution in [1.82, 2.24) is 19.5 Å². The largest absolute Gasteiger partial charge is 0.271 e. The summed E-state index contributed by atoms with van der Waals surface area (Å²) in [7, 11) is 0. The molecule has 0 atom stereocenters. The van der Waals surface area contributed by atoms with Crippen molar-refractivity contribution in [3.63, 3.8) is 0 Å². The zero-order chi connectivity index (χ0) is 11.0. The van der Waals surface area contributed by atoms with E-state index in [0.717, 1.165) is 22.4 Å². The van der Waals surface area contributed by atoms with Gasteiger partial charge in [-0.15, -0.1) is 0 Å². The molecule has 0 saturated heterocycles. The number of hydrogen-bond acceptors (Lipinski definition) is 3. The van der Waals surface area contributed by atoms with Crippen molar-refractivity contribution in [2.75, 3.05) is 0 Å². The highest BCUT2D eigenvalue weighted by Gasteiger charge is 2.16. The van der Waals surface area contributed by atoms with E-state index in [4.69, 9.17) is 0 Å². The van der Waals surface area contributed by atoms with E-state index in [2.05, 4.69) is 37.5 Å². The first kappa shape index (κ1) is 10.2. The summed E-state index contributed by atoms with van der Waals surface area (Å²) in [5.41, 5.74) is 2.50. The lowest BCUT2D eigenvalue weighted by Crippen LogP contribution is -2.09. The first-order chi connectivity index (χ1) is 7.84. The summed E-state index contributed by atoms with van der Waals surface area (Å²) in [4.78, 5) is 13.1. The monoisotopic (exact) mass is 326 g/mol. The molecule has 0 spiro atoms. The van der Waals surface area contributed by atoms with Crippen molar-refractivity contribution in [1.29, 1.82) is 0 Å². The van der Waals surface area contributed by atoms with Crippen LogP contribution in [0.15, 0.2) is 18.7 Å². The second-order valence-electron chi connectivity index (χ2n) is 3.92. The molecule has 0 saturated carbocycles. The lowest BCUT2D eigenvalue weighted by molar-refractivity contribution is 0.651. The van der Waals surface area contributed by atoms with Crippen molar-refractivity contribution < 1.29 is 0 Å². The summed E-state index contributed by atoms with van der Waals surface area (Å²) in [6.45, 7) is 0. The smallest absolute Gasteiger partial charge is 0.235 e. The van der Waals surface area contributed by atoms with Gasteiger partial charge in [0.15, 0.2) is 0 Å². The fraction of sp³-hybridized carbons (Fsp3) is 0.364. The van der Waals surface area contributed by atoms with E-state index in [9.17, 15) is 0 Å². The van der Waals surface area contributed by atoms with Crippen LogP contribution in [-0.4, -0.2) is 19.5 Å². The minimum atomic E-state index is 0.732. The van der Waals surface area contributed by atoms with Gasteiger partial charge in [-0.3, -0.25) is 4.57 Å². The average molecular weight is 326 g/mol. The van der Waals surface area contributed by atoms with Gasteiger partial charge in [-0.1, -0.05) is 0 Å². The molecule has 5 heteroatoms. The maximum absolute atomic E-state index is 4.44. The van der Waals surface area contributed by atoms with Crippen LogP contribution in [0, 0.1) is 3.57 Å². The predicted octanol–water partition coefficient (Wildman–Crippen LogP) is 2.15. The van der Waals surface area contributed by atoms with Gasteiger partial charge in [-0.05, 0) is 48.3 Å². The number of aryl methyl sites for hydroxylation is 1. The van der Waals surface area contributed by atoms with Gasteiger partial charge in [0.2, 0.25) is 5.95 Å². The van der Waals surface area contributed by atoms with Crippen LogP contribution in [0.2, 0.25) is 0 Å². The minimum absolute atomic E-state index is 0.732. The Morgan fingerprint density at radius 1 is 1.06 bits per heavy atom. The van der Waals surface area contributed by atoms with E-state index in [1.54, 1.807) is 0 Å². The number of fused-ring (bicyclic) bond motifs is 1. The molecule has 1 aliphatic rings. The first-order valence-electron chi connectivity index (χ1n) is 5.37. The molecule has 2 heterocycles. The zero-order valence-corrected chi connectivity index (χ0v) is 10.9. The van der Waals surface area contributed by atoms with Crippen LogP contribution >= 0.6 is 22.6 Å². The second-order valence-corrected chi connectivity index (χ2v) is 5.16. The molecular formula is C11H11IN4. The van der Waals surface area contributed by atoms with Crippen LogP contribution in [0.1, 0.15) is 24.2 Å². The van der Waals surface area contributed by atoms with E-state index in [1.165, 1.54) is 24.2 Å². The molecule has 0 N–H and O–H groups in total.